The van der Waals surface area contributed by atoms with Gasteiger partial charge in [0.15, 0.2) is 11.5 Å². The molecule has 472 valence electrons. The van der Waals surface area contributed by atoms with Gasteiger partial charge in [-0.2, -0.15) is 0 Å². The third kappa shape index (κ3) is 13.7. The van der Waals surface area contributed by atoms with Crippen molar-refractivity contribution in [2.24, 2.45) is 52.3 Å². The number of piperazine rings is 1. The van der Waals surface area contributed by atoms with Crippen LogP contribution in [-0.2, 0) is 23.9 Å². The molecule has 4 saturated heterocycles. The number of aliphatic hydroxyl groups is 3. The summed E-state index contributed by atoms with van der Waals surface area (Å²) in [6.45, 7) is 11.0. The van der Waals surface area contributed by atoms with E-state index in [0.717, 1.165) is 115 Å². The first-order valence-electron chi connectivity index (χ1n) is 33.3. The van der Waals surface area contributed by atoms with E-state index in [0.29, 0.717) is 119 Å². The van der Waals surface area contributed by atoms with Gasteiger partial charge in [-0.1, -0.05) is 71.4 Å². The predicted molar refractivity (Wildman–Crippen MR) is 334 cm³/mol. The Bertz CT molecular complexity index is 2560. The fourth-order valence-electron chi connectivity index (χ4n) is 18.8. The molecule has 18 heteroatoms. The summed E-state index contributed by atoms with van der Waals surface area (Å²) in [6.07, 6.45) is 17.4. The highest BCUT2D eigenvalue weighted by Crippen LogP contribution is 2.65. The van der Waals surface area contributed by atoms with Crippen molar-refractivity contribution in [2.75, 3.05) is 84.1 Å². The molecule has 1 spiro atoms. The van der Waals surface area contributed by atoms with Crippen LogP contribution < -0.4 is 31.3 Å². The Kier molecular flexibility index (Phi) is 20.9. The Morgan fingerprint density at radius 2 is 1.73 bits per heavy atom. The summed E-state index contributed by atoms with van der Waals surface area (Å²) in [5.74, 6) is 8.12. The number of benzene rings is 1. The van der Waals surface area contributed by atoms with Gasteiger partial charge in [-0.25, -0.2) is 4.79 Å². The fourth-order valence-corrected chi connectivity index (χ4v) is 21.5. The lowest BCUT2D eigenvalue weighted by Gasteiger charge is -2.56. The van der Waals surface area contributed by atoms with Gasteiger partial charge in [-0.15, -0.1) is 5.92 Å². The highest BCUT2D eigenvalue weighted by atomic mass is 33.1. The van der Waals surface area contributed by atoms with Crippen molar-refractivity contribution >= 4 is 39.4 Å². The van der Waals surface area contributed by atoms with E-state index >= 15 is 4.79 Å². The van der Waals surface area contributed by atoms with Gasteiger partial charge in [-0.05, 0) is 165 Å². The summed E-state index contributed by atoms with van der Waals surface area (Å²) in [5, 5.41) is 66.0. The van der Waals surface area contributed by atoms with Crippen LogP contribution in [-0.4, -0.2) is 169 Å². The molecular weight excluding hydrogens is 1110 g/mol. The van der Waals surface area contributed by atoms with E-state index in [2.05, 4.69) is 61.5 Å². The maximum Gasteiger partial charge on any atom is 0.332 e. The number of carbonyl (C=O) groups is 3. The number of phenolic OH excluding ortho intramolecular Hbond substituents is 1. The van der Waals surface area contributed by atoms with Crippen molar-refractivity contribution in [1.29, 1.82) is 0 Å². The van der Waals surface area contributed by atoms with Crippen LogP contribution in [0, 0.1) is 64.1 Å². The number of aromatic hydroxyl groups is 1. The third-order valence-corrected chi connectivity index (χ3v) is 25.8. The van der Waals surface area contributed by atoms with Crippen molar-refractivity contribution in [3.63, 3.8) is 0 Å². The molecule has 16 unspecified atom stereocenters. The number of nitrogens with zero attached hydrogens (tertiary/aromatic N) is 1. The molecule has 1 aromatic rings. The topological polar surface area (TPSA) is 223 Å². The molecule has 16 atom stereocenters. The van der Waals surface area contributed by atoms with Crippen LogP contribution in [0.15, 0.2) is 24.3 Å². The van der Waals surface area contributed by atoms with E-state index in [-0.39, 0.29) is 71.6 Å². The number of nitrogens with one attached hydrogen (secondary N) is 5. The summed E-state index contributed by atoms with van der Waals surface area (Å²) in [5.41, 5.74) is -1.42. The van der Waals surface area contributed by atoms with Gasteiger partial charge in [0.05, 0.1) is 18.3 Å². The van der Waals surface area contributed by atoms with Gasteiger partial charge in [0, 0.05) is 129 Å². The van der Waals surface area contributed by atoms with Crippen LogP contribution in [0.4, 0.5) is 0 Å². The molecule has 2 saturated carbocycles. The zero-order valence-corrected chi connectivity index (χ0v) is 52.9. The summed E-state index contributed by atoms with van der Waals surface area (Å²) < 4.78 is 20.9. The van der Waals surface area contributed by atoms with Crippen molar-refractivity contribution in [2.45, 2.75) is 202 Å². The fraction of sp³-hybridized carbons (Fsp3) is 0.806. The minimum absolute atomic E-state index is 0.0108. The predicted octanol–water partition coefficient (Wildman–Crippen LogP) is 7.32. The lowest BCUT2D eigenvalue weighted by atomic mass is 9.51. The first-order chi connectivity index (χ1) is 41.2. The molecule has 5 aliphatic carbocycles. The maximum atomic E-state index is 15.9. The second-order valence-corrected chi connectivity index (χ2v) is 30.8. The second-order valence-electron chi connectivity index (χ2n) is 28.2. The Balaban J connectivity index is 0.955. The molecule has 0 radical (unpaired) electrons. The minimum Gasteiger partial charge on any atom is -0.504 e. The third-order valence-electron chi connectivity index (χ3n) is 23.1. The minimum atomic E-state index is -1.19. The highest BCUT2D eigenvalue weighted by molar-refractivity contribution is 8.76. The number of rotatable bonds is 13. The number of esters is 2. The van der Waals surface area contributed by atoms with Crippen LogP contribution >= 0.6 is 21.6 Å². The molecule has 11 rings (SSSR count). The van der Waals surface area contributed by atoms with Crippen molar-refractivity contribution in [1.82, 2.24) is 31.5 Å². The van der Waals surface area contributed by atoms with Crippen LogP contribution in [0.5, 0.6) is 11.5 Å². The van der Waals surface area contributed by atoms with Gasteiger partial charge in [0.25, 0.3) is 0 Å². The molecule has 10 aliphatic rings. The number of ether oxygens (including phenoxy) is 3. The lowest BCUT2D eigenvalue weighted by Crippen LogP contribution is -2.65. The van der Waals surface area contributed by atoms with E-state index in [1.807, 2.05) is 14.0 Å². The van der Waals surface area contributed by atoms with Crippen LogP contribution in [0.2, 0.25) is 0 Å². The van der Waals surface area contributed by atoms with Gasteiger partial charge < -0.3 is 61.2 Å². The van der Waals surface area contributed by atoms with E-state index in [1.54, 1.807) is 27.7 Å². The number of carbonyl (C=O) groups excluding carboxylic acids is 3. The average molecular weight is 1220 g/mol. The zero-order chi connectivity index (χ0) is 59.3. The Morgan fingerprint density at radius 3 is 2.51 bits per heavy atom. The van der Waals surface area contributed by atoms with Gasteiger partial charge in [-0.3, -0.25) is 14.5 Å². The molecule has 6 fully saturated rings. The molecule has 0 bridgehead atoms. The van der Waals surface area contributed by atoms with Crippen molar-refractivity contribution in [3.8, 4) is 23.3 Å². The molecular formula is C67H102N6O10S2. The molecule has 9 N–H and O–H groups in total. The molecule has 1 aromatic carbocycles. The number of phenols is 1. The molecule has 85 heavy (non-hydrogen) atoms. The largest absolute Gasteiger partial charge is 0.504 e. The van der Waals surface area contributed by atoms with Gasteiger partial charge >= 0.3 is 11.9 Å². The van der Waals surface area contributed by atoms with E-state index in [4.69, 9.17) is 14.2 Å². The zero-order valence-electron chi connectivity index (χ0n) is 51.2. The smallest absolute Gasteiger partial charge is 0.332 e. The summed E-state index contributed by atoms with van der Waals surface area (Å²) in [7, 11) is 5.38. The number of aliphatic hydroxyl groups excluding tert-OH is 2. The molecule has 5 heterocycles. The summed E-state index contributed by atoms with van der Waals surface area (Å²) in [4.78, 5) is 46.0. The maximum absolute atomic E-state index is 15.9. The average Bonchev–Trinajstić information content (AvgIpc) is 1.44. The van der Waals surface area contributed by atoms with Crippen molar-refractivity contribution < 1.29 is 49.0 Å². The monoisotopic (exact) mass is 1210 g/mol. The lowest BCUT2D eigenvalue weighted by molar-refractivity contribution is -0.183. The van der Waals surface area contributed by atoms with Crippen LogP contribution in [0.25, 0.3) is 0 Å². The van der Waals surface area contributed by atoms with E-state index in [1.165, 1.54) is 6.92 Å². The number of hydrogen-bond donors (Lipinski definition) is 9. The van der Waals surface area contributed by atoms with E-state index in [9.17, 15) is 30.0 Å². The summed E-state index contributed by atoms with van der Waals surface area (Å²) >= 11 is 0. The number of piperidine rings is 2. The number of amides is 1. The highest BCUT2D eigenvalue weighted by Gasteiger charge is 2.61. The van der Waals surface area contributed by atoms with Gasteiger partial charge in [0.2, 0.25) is 5.91 Å². The molecule has 0 aromatic heterocycles. The van der Waals surface area contributed by atoms with E-state index < -0.39 is 52.7 Å². The van der Waals surface area contributed by atoms with Crippen molar-refractivity contribution in [3.05, 3.63) is 35.4 Å². The molecule has 5 aliphatic heterocycles. The quantitative estimate of drug-likeness (QED) is 0.0310. The Hall–Kier alpha value is -3.09. The molecule has 1 amide bonds. The second kappa shape index (κ2) is 28.0. The SMILES string of the molecule is CNCC1C=CC(N2CCNCC2)CC1CCCNC1CSSCC(C)(O)CC2CC#CC3CC4c5c(ccc(O)c5OCC4C4(CO)CCCC4)C3C3(CCNCC3)C(OC(=O)C34CCCCC3CCC(=O)N4)CC(OC(C)=O)C2CCC1O. The Morgan fingerprint density at radius 1 is 0.941 bits per heavy atom. The van der Waals surface area contributed by atoms with Crippen LogP contribution in [0.3, 0.4) is 0 Å². The van der Waals surface area contributed by atoms with Crippen LogP contribution in [0.1, 0.15) is 172 Å². The van der Waals surface area contributed by atoms with Gasteiger partial charge in [0.1, 0.15) is 17.7 Å². The first kappa shape index (κ1) is 63.5. The normalized spacial score (nSPS) is 38.5. The molecule has 16 nitrogen and oxygen atoms in total. The standard InChI is InChI=1S/C67H102N6O10S2/c1-43(75)82-57-36-58(83-63(79)67-24-5-4-13-48(67)15-21-59(78)72-67)66(25-28-69-29-26-66)61-45(35-52-53(65(41-74)22-6-7-23-65)39-81-62-56(77)20-18-51(61)60(52)62)10-8-11-46-37-64(2,80)42-85-84-40-54(55(76)19-17-50(46)57)71-27-9-12-44-34-49(16-14-47(44)38-68-3)73-32-30-70-31-33-73/h14,16,18,20,44-50,52-55,57-58,61,68-71,74,76-77,80H,4-7,9,11-13,15,17,19,21-42H2,1-3H3,(H,72,78). The first-order valence-corrected chi connectivity index (χ1v) is 35.8. The number of hydrogen-bond acceptors (Lipinski definition) is 17. The number of fused-ring (bicyclic) bond motifs is 5. The summed E-state index contributed by atoms with van der Waals surface area (Å²) in [6, 6.07) is 4.06. The Labute approximate surface area is 514 Å².